The summed E-state index contributed by atoms with van der Waals surface area (Å²) in [6.07, 6.45) is -0.152. The van der Waals surface area contributed by atoms with Gasteiger partial charge < -0.3 is 15.5 Å². The Hall–Kier alpha value is -1.88. The molecule has 1 aromatic carbocycles. The van der Waals surface area contributed by atoms with Gasteiger partial charge in [-0.2, -0.15) is 0 Å². The molecule has 0 aliphatic carbocycles. The van der Waals surface area contributed by atoms with E-state index in [1.54, 1.807) is 0 Å². The molecule has 20 heavy (non-hydrogen) atoms. The van der Waals surface area contributed by atoms with Gasteiger partial charge in [0, 0.05) is 18.8 Å². The highest BCUT2D eigenvalue weighted by molar-refractivity contribution is 6.03. The number of likely N-dealkylation sites (N-methyl/N-ethyl adjacent to an activating group) is 1. The van der Waals surface area contributed by atoms with E-state index in [1.807, 2.05) is 51.0 Å². The molecule has 2 amide bonds. The summed E-state index contributed by atoms with van der Waals surface area (Å²) in [6.45, 7) is 5.18. The highest BCUT2D eigenvalue weighted by Crippen LogP contribution is 2.16. The van der Waals surface area contributed by atoms with Crippen LogP contribution in [0.5, 0.6) is 0 Å². The maximum absolute atomic E-state index is 11.8. The minimum atomic E-state index is -0.291. The Kier molecular flexibility index (Phi) is 6.18. The molecule has 0 unspecified atom stereocenters. The number of amides is 2. The average Bonchev–Trinajstić information content (AvgIpc) is 2.33. The van der Waals surface area contributed by atoms with E-state index in [0.29, 0.717) is 6.54 Å². The lowest BCUT2D eigenvalue weighted by Gasteiger charge is -2.11. The predicted octanol–water partition coefficient (Wildman–Crippen LogP) is 1.31. The molecule has 1 rings (SSSR count). The van der Waals surface area contributed by atoms with Crippen LogP contribution in [0.15, 0.2) is 18.2 Å². The molecule has 0 bridgehead atoms. The number of nitrogens with one attached hydrogen (secondary N) is 2. The van der Waals surface area contributed by atoms with Gasteiger partial charge in [0.15, 0.2) is 0 Å². The van der Waals surface area contributed by atoms with E-state index in [0.717, 1.165) is 23.4 Å². The monoisotopic (exact) mass is 277 g/mol. The molecule has 0 saturated heterocycles. The van der Waals surface area contributed by atoms with E-state index in [2.05, 4.69) is 10.6 Å². The van der Waals surface area contributed by atoms with Crippen LogP contribution >= 0.6 is 0 Å². The van der Waals surface area contributed by atoms with Crippen molar-refractivity contribution in [3.8, 4) is 0 Å². The van der Waals surface area contributed by atoms with Crippen molar-refractivity contribution in [1.82, 2.24) is 10.2 Å². The third-order valence-corrected chi connectivity index (χ3v) is 2.87. The lowest BCUT2D eigenvalue weighted by Crippen LogP contribution is -2.33. The van der Waals surface area contributed by atoms with Crippen LogP contribution in [-0.2, 0) is 9.59 Å². The second-order valence-corrected chi connectivity index (χ2v) is 5.20. The Bertz CT molecular complexity index is 484. The summed E-state index contributed by atoms with van der Waals surface area (Å²) in [5.41, 5.74) is 2.81. The Morgan fingerprint density at radius 2 is 1.85 bits per heavy atom. The Morgan fingerprint density at radius 3 is 2.50 bits per heavy atom. The second kappa shape index (κ2) is 7.65. The molecule has 5 nitrogen and oxygen atoms in total. The molecular formula is C15H23N3O2. The fourth-order valence-electron chi connectivity index (χ4n) is 1.69. The number of carbonyl (C=O) groups excluding carboxylic acids is 2. The van der Waals surface area contributed by atoms with Crippen molar-refractivity contribution in [3.05, 3.63) is 29.3 Å². The number of benzene rings is 1. The van der Waals surface area contributed by atoms with Crippen LogP contribution in [0.4, 0.5) is 5.69 Å². The summed E-state index contributed by atoms with van der Waals surface area (Å²) in [5.74, 6) is -0.546. The highest BCUT2D eigenvalue weighted by atomic mass is 16.2. The fraction of sp³-hybridized carbons (Fsp3) is 0.467. The van der Waals surface area contributed by atoms with Crippen LogP contribution in [-0.4, -0.2) is 43.9 Å². The van der Waals surface area contributed by atoms with Gasteiger partial charge in [-0.05, 0) is 45.1 Å². The molecular weight excluding hydrogens is 254 g/mol. The van der Waals surface area contributed by atoms with Gasteiger partial charge in [-0.3, -0.25) is 9.59 Å². The fourth-order valence-corrected chi connectivity index (χ4v) is 1.69. The van der Waals surface area contributed by atoms with Crippen molar-refractivity contribution in [2.75, 3.05) is 32.5 Å². The number of carbonyl (C=O) groups is 2. The SMILES string of the molecule is Cc1ccc(C)c(NC(=O)CC(=O)NCCN(C)C)c1. The first-order chi connectivity index (χ1) is 9.38. The van der Waals surface area contributed by atoms with Crippen LogP contribution in [0, 0.1) is 13.8 Å². The van der Waals surface area contributed by atoms with Crippen molar-refractivity contribution < 1.29 is 9.59 Å². The number of rotatable bonds is 6. The maximum Gasteiger partial charge on any atom is 0.233 e. The molecule has 0 aliphatic heterocycles. The molecule has 1 aromatic rings. The van der Waals surface area contributed by atoms with Crippen molar-refractivity contribution in [1.29, 1.82) is 0 Å². The zero-order chi connectivity index (χ0) is 15.1. The van der Waals surface area contributed by atoms with Crippen molar-refractivity contribution in [2.45, 2.75) is 20.3 Å². The number of hydrogen-bond acceptors (Lipinski definition) is 3. The van der Waals surface area contributed by atoms with Gasteiger partial charge >= 0.3 is 0 Å². The van der Waals surface area contributed by atoms with Crippen LogP contribution in [0.2, 0.25) is 0 Å². The minimum Gasteiger partial charge on any atom is -0.354 e. The van der Waals surface area contributed by atoms with E-state index >= 15 is 0 Å². The summed E-state index contributed by atoms with van der Waals surface area (Å²) >= 11 is 0. The molecule has 2 N–H and O–H groups in total. The molecule has 0 aliphatic rings. The maximum atomic E-state index is 11.8. The standard InChI is InChI=1S/C15H23N3O2/c1-11-5-6-12(2)13(9-11)17-15(20)10-14(19)16-7-8-18(3)4/h5-6,9H,7-8,10H2,1-4H3,(H,16,19)(H,17,20). The van der Waals surface area contributed by atoms with E-state index in [9.17, 15) is 9.59 Å². The lowest BCUT2D eigenvalue weighted by molar-refractivity contribution is -0.126. The third kappa shape index (κ3) is 5.84. The number of aryl methyl sites for hydroxylation is 2. The number of anilines is 1. The highest BCUT2D eigenvalue weighted by Gasteiger charge is 2.10. The largest absolute Gasteiger partial charge is 0.354 e. The summed E-state index contributed by atoms with van der Waals surface area (Å²) < 4.78 is 0. The van der Waals surface area contributed by atoms with E-state index < -0.39 is 0 Å². The van der Waals surface area contributed by atoms with Crippen LogP contribution in [0.3, 0.4) is 0 Å². The van der Waals surface area contributed by atoms with Crippen LogP contribution in [0.1, 0.15) is 17.5 Å². The van der Waals surface area contributed by atoms with Crippen molar-refractivity contribution in [3.63, 3.8) is 0 Å². The molecule has 0 fully saturated rings. The molecule has 0 saturated carbocycles. The summed E-state index contributed by atoms with van der Waals surface area (Å²) in [5, 5.41) is 5.49. The molecule has 110 valence electrons. The lowest BCUT2D eigenvalue weighted by atomic mass is 10.1. The number of nitrogens with zero attached hydrogens (tertiary/aromatic N) is 1. The van der Waals surface area contributed by atoms with Gasteiger partial charge in [-0.15, -0.1) is 0 Å². The molecule has 0 spiro atoms. The first-order valence-corrected chi connectivity index (χ1v) is 6.67. The minimum absolute atomic E-state index is 0.152. The molecule has 5 heteroatoms. The first-order valence-electron chi connectivity index (χ1n) is 6.67. The summed E-state index contributed by atoms with van der Waals surface area (Å²) in [4.78, 5) is 25.4. The smallest absolute Gasteiger partial charge is 0.233 e. The van der Waals surface area contributed by atoms with Crippen molar-refractivity contribution >= 4 is 17.5 Å². The average molecular weight is 277 g/mol. The quantitative estimate of drug-likeness (QED) is 0.771. The van der Waals surface area contributed by atoms with Gasteiger partial charge in [0.2, 0.25) is 11.8 Å². The van der Waals surface area contributed by atoms with E-state index in [-0.39, 0.29) is 18.2 Å². The van der Waals surface area contributed by atoms with Gasteiger partial charge in [-0.1, -0.05) is 12.1 Å². The Labute approximate surface area is 120 Å². The molecule has 0 heterocycles. The van der Waals surface area contributed by atoms with Crippen LogP contribution in [0.25, 0.3) is 0 Å². The van der Waals surface area contributed by atoms with Crippen molar-refractivity contribution in [2.24, 2.45) is 0 Å². The van der Waals surface area contributed by atoms with Gasteiger partial charge in [0.05, 0.1) is 0 Å². The van der Waals surface area contributed by atoms with E-state index in [1.165, 1.54) is 0 Å². The Balaban J connectivity index is 2.43. The zero-order valence-corrected chi connectivity index (χ0v) is 12.6. The van der Waals surface area contributed by atoms with Gasteiger partial charge in [0.1, 0.15) is 6.42 Å². The zero-order valence-electron chi connectivity index (χ0n) is 12.6. The molecule has 0 atom stereocenters. The predicted molar refractivity (Wildman–Crippen MR) is 80.7 cm³/mol. The normalized spacial score (nSPS) is 10.4. The topological polar surface area (TPSA) is 61.4 Å². The van der Waals surface area contributed by atoms with E-state index in [4.69, 9.17) is 0 Å². The Morgan fingerprint density at radius 1 is 1.15 bits per heavy atom. The summed E-state index contributed by atoms with van der Waals surface area (Å²) in [6, 6.07) is 5.83. The van der Waals surface area contributed by atoms with Gasteiger partial charge in [-0.25, -0.2) is 0 Å². The third-order valence-electron chi connectivity index (χ3n) is 2.87. The molecule has 0 radical (unpaired) electrons. The first kappa shape index (κ1) is 16.2. The molecule has 0 aromatic heterocycles. The van der Waals surface area contributed by atoms with Gasteiger partial charge in [0.25, 0.3) is 0 Å². The second-order valence-electron chi connectivity index (χ2n) is 5.20. The number of hydrogen-bond donors (Lipinski definition) is 2. The summed E-state index contributed by atoms with van der Waals surface area (Å²) in [7, 11) is 3.86. The van der Waals surface area contributed by atoms with Crippen LogP contribution < -0.4 is 10.6 Å².